The first kappa shape index (κ1) is 12.4. The van der Waals surface area contributed by atoms with Crippen LogP contribution in [-0.4, -0.2) is 24.5 Å². The maximum absolute atomic E-state index is 8.61. The average molecular weight is 182 g/mol. The molecule has 0 aliphatic rings. The van der Waals surface area contributed by atoms with Crippen molar-refractivity contribution in [3.8, 4) is 6.07 Å². The van der Waals surface area contributed by atoms with E-state index in [-0.39, 0.29) is 0 Å². The van der Waals surface area contributed by atoms with E-state index in [0.717, 1.165) is 19.0 Å². The number of nitrogens with zero attached hydrogens (tertiary/aromatic N) is 2. The predicted molar refractivity (Wildman–Crippen MR) is 56.4 cm³/mol. The minimum atomic E-state index is 0.590. The maximum Gasteiger partial charge on any atom is 0.0865 e. The Morgan fingerprint density at radius 2 is 2.00 bits per heavy atom. The Kier molecular flexibility index (Phi) is 7.73. The number of hydrogen-bond donors (Lipinski definition) is 0. The standard InChI is InChI=1S/C11H22N2/c1-4-5-8-13(10-7-12)9-6-11(2)3/h11H,4-6,8-10H2,1-3H3. The molecular weight excluding hydrogens is 160 g/mol. The van der Waals surface area contributed by atoms with Crippen molar-refractivity contribution < 1.29 is 0 Å². The van der Waals surface area contributed by atoms with Crippen molar-refractivity contribution in [3.63, 3.8) is 0 Å². The molecule has 0 aromatic rings. The lowest BCUT2D eigenvalue weighted by Crippen LogP contribution is -2.27. The second-order valence-electron chi connectivity index (χ2n) is 3.97. The van der Waals surface area contributed by atoms with Crippen LogP contribution in [0.3, 0.4) is 0 Å². The second kappa shape index (κ2) is 8.07. The Labute approximate surface area is 82.5 Å². The molecule has 2 heteroatoms. The quantitative estimate of drug-likeness (QED) is 0.566. The molecular formula is C11H22N2. The molecule has 0 aromatic carbocycles. The van der Waals surface area contributed by atoms with E-state index in [4.69, 9.17) is 5.26 Å². The van der Waals surface area contributed by atoms with Crippen molar-refractivity contribution in [2.45, 2.75) is 40.0 Å². The van der Waals surface area contributed by atoms with Gasteiger partial charge in [-0.2, -0.15) is 5.26 Å². The third-order valence-electron chi connectivity index (χ3n) is 2.14. The van der Waals surface area contributed by atoms with Crippen molar-refractivity contribution in [1.82, 2.24) is 4.90 Å². The van der Waals surface area contributed by atoms with Gasteiger partial charge in [-0.25, -0.2) is 0 Å². The Hall–Kier alpha value is -0.550. The van der Waals surface area contributed by atoms with Gasteiger partial charge in [-0.3, -0.25) is 4.90 Å². The number of unbranched alkanes of at least 4 members (excludes halogenated alkanes) is 1. The van der Waals surface area contributed by atoms with Gasteiger partial charge in [0.2, 0.25) is 0 Å². The van der Waals surface area contributed by atoms with Gasteiger partial charge in [0.1, 0.15) is 0 Å². The zero-order valence-corrected chi connectivity index (χ0v) is 9.21. The minimum absolute atomic E-state index is 0.590. The molecule has 0 atom stereocenters. The fourth-order valence-electron chi connectivity index (χ4n) is 1.19. The normalized spacial score (nSPS) is 10.8. The summed E-state index contributed by atoms with van der Waals surface area (Å²) in [6.45, 7) is 9.39. The molecule has 0 spiro atoms. The third kappa shape index (κ3) is 7.80. The summed E-state index contributed by atoms with van der Waals surface area (Å²) < 4.78 is 0. The van der Waals surface area contributed by atoms with E-state index in [0.29, 0.717) is 6.54 Å². The van der Waals surface area contributed by atoms with Gasteiger partial charge in [0.25, 0.3) is 0 Å². The molecule has 0 unspecified atom stereocenters. The number of rotatable bonds is 7. The molecule has 0 aromatic heterocycles. The van der Waals surface area contributed by atoms with Gasteiger partial charge in [0, 0.05) is 0 Å². The van der Waals surface area contributed by atoms with Crippen LogP contribution in [0.5, 0.6) is 0 Å². The summed E-state index contributed by atoms with van der Waals surface area (Å²) in [6, 6.07) is 2.23. The highest BCUT2D eigenvalue weighted by atomic mass is 15.1. The largest absolute Gasteiger partial charge is 0.291 e. The summed E-state index contributed by atoms with van der Waals surface area (Å²) in [5.74, 6) is 0.739. The second-order valence-corrected chi connectivity index (χ2v) is 3.97. The van der Waals surface area contributed by atoms with Gasteiger partial charge in [-0.05, 0) is 31.8 Å². The van der Waals surface area contributed by atoms with Crippen molar-refractivity contribution in [2.75, 3.05) is 19.6 Å². The highest BCUT2D eigenvalue weighted by molar-refractivity contribution is 4.76. The van der Waals surface area contributed by atoms with Crippen LogP contribution in [0.4, 0.5) is 0 Å². The molecule has 2 nitrogen and oxygen atoms in total. The van der Waals surface area contributed by atoms with E-state index >= 15 is 0 Å². The SMILES string of the molecule is CCCCN(CC#N)CCC(C)C. The molecule has 0 aliphatic heterocycles. The van der Waals surface area contributed by atoms with Crippen LogP contribution < -0.4 is 0 Å². The number of nitriles is 1. The monoisotopic (exact) mass is 182 g/mol. The lowest BCUT2D eigenvalue weighted by molar-refractivity contribution is 0.281. The van der Waals surface area contributed by atoms with Crippen molar-refractivity contribution in [3.05, 3.63) is 0 Å². The van der Waals surface area contributed by atoms with Gasteiger partial charge in [-0.1, -0.05) is 27.2 Å². The van der Waals surface area contributed by atoms with Crippen molar-refractivity contribution in [2.24, 2.45) is 5.92 Å². The molecule has 0 aliphatic carbocycles. The van der Waals surface area contributed by atoms with Crippen LogP contribution in [0.25, 0.3) is 0 Å². The van der Waals surface area contributed by atoms with Crippen LogP contribution in [0.15, 0.2) is 0 Å². The molecule has 13 heavy (non-hydrogen) atoms. The summed E-state index contributed by atoms with van der Waals surface area (Å²) in [7, 11) is 0. The molecule has 0 heterocycles. The fraction of sp³-hybridized carbons (Fsp3) is 0.909. The van der Waals surface area contributed by atoms with Crippen LogP contribution >= 0.6 is 0 Å². The van der Waals surface area contributed by atoms with E-state index in [1.807, 2.05) is 0 Å². The molecule has 0 fully saturated rings. The van der Waals surface area contributed by atoms with Crippen LogP contribution in [0.1, 0.15) is 40.0 Å². The smallest absolute Gasteiger partial charge is 0.0865 e. The molecule has 0 amide bonds. The first-order chi connectivity index (χ1) is 6.20. The molecule has 0 radical (unpaired) electrons. The van der Waals surface area contributed by atoms with Crippen molar-refractivity contribution >= 4 is 0 Å². The molecule has 0 saturated heterocycles. The summed E-state index contributed by atoms with van der Waals surface area (Å²) in [5.41, 5.74) is 0. The van der Waals surface area contributed by atoms with Gasteiger partial charge in [0.15, 0.2) is 0 Å². The Bertz CT molecular complexity index is 147. The fourth-order valence-corrected chi connectivity index (χ4v) is 1.19. The summed E-state index contributed by atoms with van der Waals surface area (Å²) in [5, 5.41) is 8.61. The molecule has 0 bridgehead atoms. The van der Waals surface area contributed by atoms with Crippen molar-refractivity contribution in [1.29, 1.82) is 5.26 Å². The van der Waals surface area contributed by atoms with Gasteiger partial charge >= 0.3 is 0 Å². The Morgan fingerprint density at radius 1 is 1.31 bits per heavy atom. The Balaban J connectivity index is 3.61. The van der Waals surface area contributed by atoms with Crippen LogP contribution in [-0.2, 0) is 0 Å². The van der Waals surface area contributed by atoms with E-state index in [9.17, 15) is 0 Å². The van der Waals surface area contributed by atoms with E-state index < -0.39 is 0 Å². The van der Waals surface area contributed by atoms with E-state index in [2.05, 4.69) is 31.7 Å². The van der Waals surface area contributed by atoms with E-state index in [1.54, 1.807) is 0 Å². The zero-order valence-electron chi connectivity index (χ0n) is 9.21. The van der Waals surface area contributed by atoms with Crippen LogP contribution in [0, 0.1) is 17.2 Å². The van der Waals surface area contributed by atoms with Gasteiger partial charge < -0.3 is 0 Å². The predicted octanol–water partition coefficient (Wildman–Crippen LogP) is 2.66. The summed E-state index contributed by atoms with van der Waals surface area (Å²) >= 11 is 0. The van der Waals surface area contributed by atoms with Gasteiger partial charge in [0.05, 0.1) is 12.6 Å². The average Bonchev–Trinajstić information content (AvgIpc) is 2.09. The highest BCUT2D eigenvalue weighted by Gasteiger charge is 2.04. The third-order valence-corrected chi connectivity index (χ3v) is 2.14. The zero-order chi connectivity index (χ0) is 10.1. The van der Waals surface area contributed by atoms with Crippen LogP contribution in [0.2, 0.25) is 0 Å². The lowest BCUT2D eigenvalue weighted by Gasteiger charge is -2.19. The highest BCUT2D eigenvalue weighted by Crippen LogP contribution is 2.03. The topological polar surface area (TPSA) is 27.0 Å². The first-order valence-electron chi connectivity index (χ1n) is 5.30. The lowest BCUT2D eigenvalue weighted by atomic mass is 10.1. The minimum Gasteiger partial charge on any atom is -0.291 e. The Morgan fingerprint density at radius 3 is 2.46 bits per heavy atom. The molecule has 0 rings (SSSR count). The molecule has 0 N–H and O–H groups in total. The first-order valence-corrected chi connectivity index (χ1v) is 5.30. The van der Waals surface area contributed by atoms with E-state index in [1.165, 1.54) is 19.3 Å². The molecule has 0 saturated carbocycles. The number of hydrogen-bond acceptors (Lipinski definition) is 2. The summed E-state index contributed by atoms with van der Waals surface area (Å²) in [6.07, 6.45) is 3.62. The maximum atomic E-state index is 8.61. The van der Waals surface area contributed by atoms with Gasteiger partial charge in [-0.15, -0.1) is 0 Å². The molecule has 76 valence electrons. The summed E-state index contributed by atoms with van der Waals surface area (Å²) in [4.78, 5) is 2.25.